The highest BCUT2D eigenvalue weighted by Gasteiger charge is 2.41. The molecular weight excluding hydrogens is 226 g/mol. The predicted molar refractivity (Wildman–Crippen MR) is 64.1 cm³/mol. The van der Waals surface area contributed by atoms with Crippen LogP contribution in [0.4, 0.5) is 0 Å². The average molecular weight is 249 g/mol. The Labute approximate surface area is 98.6 Å². The number of aldehydes is 1. The third-order valence-electron chi connectivity index (χ3n) is 1.97. The second-order valence-electron chi connectivity index (χ2n) is 3.40. The van der Waals surface area contributed by atoms with Crippen molar-refractivity contribution < 1.29 is 18.1 Å². The molecule has 96 valence electrons. The molecule has 0 radical (unpaired) electrons. The molecule has 1 unspecified atom stereocenters. The number of carbonyl (C=O) groups is 1. The molecular formula is C10H23NO4Si. The fourth-order valence-corrected chi connectivity index (χ4v) is 4.15. The molecule has 0 saturated carbocycles. The van der Waals surface area contributed by atoms with E-state index in [-0.39, 0.29) is 0 Å². The molecule has 5 nitrogen and oxygen atoms in total. The molecule has 0 amide bonds. The summed E-state index contributed by atoms with van der Waals surface area (Å²) in [5.41, 5.74) is 5.48. The van der Waals surface area contributed by atoms with Crippen molar-refractivity contribution in [1.29, 1.82) is 0 Å². The van der Waals surface area contributed by atoms with Crippen LogP contribution < -0.4 is 5.73 Å². The number of nitrogens with two attached hydrogens (primary N) is 1. The van der Waals surface area contributed by atoms with Crippen molar-refractivity contribution in [2.45, 2.75) is 39.3 Å². The Kier molecular flexibility index (Phi) is 8.68. The Morgan fingerprint density at radius 2 is 1.88 bits per heavy atom. The lowest BCUT2D eigenvalue weighted by Gasteiger charge is -2.30. The van der Waals surface area contributed by atoms with Crippen LogP contribution in [0.3, 0.4) is 0 Å². The van der Waals surface area contributed by atoms with E-state index in [1.165, 1.54) is 0 Å². The molecule has 0 aliphatic rings. The van der Waals surface area contributed by atoms with Gasteiger partial charge in [0.25, 0.3) is 0 Å². The molecule has 0 saturated heterocycles. The van der Waals surface area contributed by atoms with Gasteiger partial charge in [-0.15, -0.1) is 0 Å². The van der Waals surface area contributed by atoms with Gasteiger partial charge >= 0.3 is 8.80 Å². The molecule has 0 rings (SSSR count). The zero-order valence-electron chi connectivity index (χ0n) is 10.4. The number of hydrogen-bond acceptors (Lipinski definition) is 5. The fourth-order valence-electron chi connectivity index (χ4n) is 1.38. The summed E-state index contributed by atoms with van der Waals surface area (Å²) < 4.78 is 16.9. The molecule has 0 aromatic carbocycles. The Balaban J connectivity index is 4.54. The lowest BCUT2D eigenvalue weighted by Crippen LogP contribution is -2.48. The quantitative estimate of drug-likeness (QED) is 0.461. The van der Waals surface area contributed by atoms with Gasteiger partial charge in [0.15, 0.2) is 0 Å². The zero-order valence-corrected chi connectivity index (χ0v) is 11.4. The van der Waals surface area contributed by atoms with Crippen molar-refractivity contribution in [2.75, 3.05) is 19.8 Å². The first kappa shape index (κ1) is 15.7. The molecule has 2 N–H and O–H groups in total. The van der Waals surface area contributed by atoms with Crippen molar-refractivity contribution in [1.82, 2.24) is 0 Å². The van der Waals surface area contributed by atoms with Crippen LogP contribution in [-0.4, -0.2) is 41.0 Å². The summed E-state index contributed by atoms with van der Waals surface area (Å²) in [6.07, 6.45) is 1.03. The Morgan fingerprint density at radius 3 is 2.25 bits per heavy atom. The van der Waals surface area contributed by atoms with E-state index < -0.39 is 14.9 Å². The van der Waals surface area contributed by atoms with Crippen LogP contribution in [0.5, 0.6) is 0 Å². The summed E-state index contributed by atoms with van der Waals surface area (Å²) in [4.78, 5) is 10.6. The summed E-state index contributed by atoms with van der Waals surface area (Å²) in [7, 11) is -2.71. The van der Waals surface area contributed by atoms with Gasteiger partial charge in [0, 0.05) is 19.3 Å². The lowest BCUT2D eigenvalue weighted by molar-refractivity contribution is -0.115. The van der Waals surface area contributed by atoms with Crippen molar-refractivity contribution in [3.63, 3.8) is 0 Å². The third-order valence-corrected chi connectivity index (χ3v) is 5.13. The number of rotatable bonds is 10. The van der Waals surface area contributed by atoms with Crippen molar-refractivity contribution in [3.8, 4) is 0 Å². The van der Waals surface area contributed by atoms with Gasteiger partial charge in [-0.1, -0.05) is 0 Å². The first-order valence-electron chi connectivity index (χ1n) is 5.75. The van der Waals surface area contributed by atoms with E-state index in [1.807, 2.05) is 13.8 Å². The monoisotopic (exact) mass is 249 g/mol. The lowest BCUT2D eigenvalue weighted by atomic mass is 10.5. The topological polar surface area (TPSA) is 70.8 Å². The van der Waals surface area contributed by atoms with Gasteiger partial charge in [-0.2, -0.15) is 0 Å². The maximum atomic E-state index is 10.6. The molecule has 0 aliphatic heterocycles. The fraction of sp³-hybridized carbons (Fsp3) is 0.900. The number of hydrogen-bond donors (Lipinski definition) is 1. The van der Waals surface area contributed by atoms with Crippen LogP contribution >= 0.6 is 0 Å². The molecule has 0 aromatic heterocycles. The summed E-state index contributed by atoms with van der Waals surface area (Å²) in [5.74, 6) is 0. The van der Waals surface area contributed by atoms with Gasteiger partial charge in [0.05, 0.1) is 0 Å². The second kappa shape index (κ2) is 8.83. The highest BCUT2D eigenvalue weighted by atomic mass is 28.4. The zero-order chi connectivity index (χ0) is 12.4. The minimum absolute atomic E-state index is 0.498. The van der Waals surface area contributed by atoms with E-state index in [4.69, 9.17) is 19.0 Å². The Hall–Kier alpha value is -0.273. The normalized spacial score (nSPS) is 13.8. The second-order valence-corrected chi connectivity index (χ2v) is 6.08. The molecule has 1 atom stereocenters. The van der Waals surface area contributed by atoms with Crippen LogP contribution in [0.15, 0.2) is 0 Å². The van der Waals surface area contributed by atoms with Gasteiger partial charge < -0.3 is 23.8 Å². The van der Waals surface area contributed by atoms with Crippen LogP contribution in [0.2, 0.25) is 6.04 Å². The highest BCUT2D eigenvalue weighted by molar-refractivity contribution is 6.60. The highest BCUT2D eigenvalue weighted by Crippen LogP contribution is 2.19. The van der Waals surface area contributed by atoms with Gasteiger partial charge in [-0.3, -0.25) is 0 Å². The molecule has 0 bridgehead atoms. The van der Waals surface area contributed by atoms with Crippen LogP contribution in [0, 0.1) is 0 Å². The van der Waals surface area contributed by atoms with Crippen LogP contribution in [0.1, 0.15) is 27.2 Å². The maximum Gasteiger partial charge on any atom is 0.501 e. The van der Waals surface area contributed by atoms with E-state index in [2.05, 4.69) is 0 Å². The van der Waals surface area contributed by atoms with Gasteiger partial charge in [-0.05, 0) is 33.7 Å². The Bertz CT molecular complexity index is 186. The molecule has 0 fully saturated rings. The summed E-state index contributed by atoms with van der Waals surface area (Å²) >= 11 is 0. The van der Waals surface area contributed by atoms with Gasteiger partial charge in [-0.25, -0.2) is 0 Å². The Morgan fingerprint density at radius 1 is 1.31 bits per heavy atom. The molecule has 6 heteroatoms. The first-order chi connectivity index (χ1) is 7.64. The SMILES string of the molecule is CCO[Si](CCCN)(OCC)OC(C)C=O. The van der Waals surface area contributed by atoms with Gasteiger partial charge in [0.1, 0.15) is 12.4 Å². The average Bonchev–Trinajstić information content (AvgIpc) is 2.27. The molecule has 0 spiro atoms. The predicted octanol–water partition coefficient (Wildman–Crippen LogP) is 0.951. The van der Waals surface area contributed by atoms with E-state index in [0.717, 1.165) is 12.7 Å². The largest absolute Gasteiger partial charge is 0.501 e. The summed E-state index contributed by atoms with van der Waals surface area (Å²) in [5, 5.41) is 0. The smallest absolute Gasteiger partial charge is 0.374 e. The van der Waals surface area contributed by atoms with Crippen molar-refractivity contribution in [3.05, 3.63) is 0 Å². The van der Waals surface area contributed by atoms with Crippen molar-refractivity contribution in [2.24, 2.45) is 5.73 Å². The van der Waals surface area contributed by atoms with E-state index in [9.17, 15) is 4.79 Å². The molecule has 0 aromatic rings. The van der Waals surface area contributed by atoms with E-state index in [0.29, 0.717) is 25.8 Å². The van der Waals surface area contributed by atoms with Crippen molar-refractivity contribution >= 4 is 15.1 Å². The van der Waals surface area contributed by atoms with E-state index in [1.54, 1.807) is 6.92 Å². The van der Waals surface area contributed by atoms with Gasteiger partial charge in [0.2, 0.25) is 0 Å². The van der Waals surface area contributed by atoms with E-state index >= 15 is 0 Å². The standard InChI is InChI=1S/C10H23NO4Si/c1-4-13-16(14-5-2,8-6-7-11)15-10(3)9-12/h9-10H,4-8,11H2,1-3H3. The molecule has 0 heterocycles. The number of carbonyl (C=O) groups excluding carboxylic acids is 1. The third kappa shape index (κ3) is 5.71. The summed E-state index contributed by atoms with van der Waals surface area (Å²) in [6, 6.07) is 0.656. The summed E-state index contributed by atoms with van der Waals surface area (Å²) in [6.45, 7) is 7.06. The minimum Gasteiger partial charge on any atom is -0.374 e. The first-order valence-corrected chi connectivity index (χ1v) is 7.68. The molecule has 16 heavy (non-hydrogen) atoms. The molecule has 0 aliphatic carbocycles. The minimum atomic E-state index is -2.71. The van der Waals surface area contributed by atoms with Crippen LogP contribution in [-0.2, 0) is 18.1 Å². The maximum absolute atomic E-state index is 10.6. The van der Waals surface area contributed by atoms with Crippen LogP contribution in [0.25, 0.3) is 0 Å².